The van der Waals surface area contributed by atoms with Gasteiger partial charge in [0.2, 0.25) is 0 Å². The molecule has 0 bridgehead atoms. The lowest BCUT2D eigenvalue weighted by Crippen LogP contribution is -2.16. The van der Waals surface area contributed by atoms with Crippen LogP contribution in [0.25, 0.3) is 11.4 Å². The number of nitrogens with zero attached hydrogens (tertiary/aromatic N) is 4. The van der Waals surface area contributed by atoms with Crippen LogP contribution in [0.5, 0.6) is 0 Å². The highest BCUT2D eigenvalue weighted by atomic mass is 16.2. The summed E-state index contributed by atoms with van der Waals surface area (Å²) in [6.45, 7) is 0.981. The Morgan fingerprint density at radius 1 is 1.21 bits per heavy atom. The van der Waals surface area contributed by atoms with Gasteiger partial charge < -0.3 is 14.5 Å². The lowest BCUT2D eigenvalue weighted by molar-refractivity contribution is 0.101. The smallest absolute Gasteiger partial charge is 0.273 e. The SMILES string of the molecule is Cn1cncc1C(=O)Nc1ccccc1-c1ncc2n1CCCC2. The number of para-hydroxylation sites is 1. The third kappa shape index (κ3) is 2.50. The number of amides is 1. The van der Waals surface area contributed by atoms with Gasteiger partial charge in [-0.05, 0) is 31.4 Å². The molecule has 6 heteroatoms. The van der Waals surface area contributed by atoms with Gasteiger partial charge in [-0.2, -0.15) is 0 Å². The van der Waals surface area contributed by atoms with Crippen LogP contribution in [0.3, 0.4) is 0 Å². The zero-order valence-electron chi connectivity index (χ0n) is 13.6. The van der Waals surface area contributed by atoms with Crippen LogP contribution in [0.15, 0.2) is 43.0 Å². The van der Waals surface area contributed by atoms with Crippen molar-refractivity contribution in [1.82, 2.24) is 19.1 Å². The molecule has 4 rings (SSSR count). The average Bonchev–Trinajstić information content (AvgIpc) is 3.21. The summed E-state index contributed by atoms with van der Waals surface area (Å²) in [7, 11) is 1.80. The fourth-order valence-corrected chi connectivity index (χ4v) is 3.20. The molecule has 0 saturated carbocycles. The van der Waals surface area contributed by atoms with Gasteiger partial charge in [0, 0.05) is 31.0 Å². The Morgan fingerprint density at radius 2 is 2.08 bits per heavy atom. The Hall–Kier alpha value is -2.89. The maximum absolute atomic E-state index is 12.5. The summed E-state index contributed by atoms with van der Waals surface area (Å²) < 4.78 is 3.97. The number of fused-ring (bicyclic) bond motifs is 1. The summed E-state index contributed by atoms with van der Waals surface area (Å²) in [6.07, 6.45) is 8.58. The molecule has 3 heterocycles. The van der Waals surface area contributed by atoms with Crippen molar-refractivity contribution in [1.29, 1.82) is 0 Å². The molecule has 3 aromatic rings. The molecule has 1 aliphatic rings. The van der Waals surface area contributed by atoms with E-state index in [-0.39, 0.29) is 5.91 Å². The van der Waals surface area contributed by atoms with Crippen LogP contribution < -0.4 is 5.32 Å². The molecule has 0 spiro atoms. The number of carbonyl (C=O) groups is 1. The molecular weight excluding hydrogens is 302 g/mol. The molecule has 122 valence electrons. The second-order valence-electron chi connectivity index (χ2n) is 6.07. The summed E-state index contributed by atoms with van der Waals surface area (Å²) in [4.78, 5) is 21.1. The molecule has 0 radical (unpaired) electrons. The number of nitrogens with one attached hydrogen (secondary N) is 1. The molecule has 6 nitrogen and oxygen atoms in total. The molecule has 0 atom stereocenters. The van der Waals surface area contributed by atoms with Gasteiger partial charge in [-0.3, -0.25) is 4.79 Å². The largest absolute Gasteiger partial charge is 0.330 e. The van der Waals surface area contributed by atoms with E-state index in [9.17, 15) is 4.79 Å². The second-order valence-corrected chi connectivity index (χ2v) is 6.07. The number of hydrogen-bond donors (Lipinski definition) is 1. The Bertz CT molecular complexity index is 892. The summed E-state index contributed by atoms with van der Waals surface area (Å²) >= 11 is 0. The van der Waals surface area contributed by atoms with Crippen molar-refractivity contribution < 1.29 is 4.79 Å². The van der Waals surface area contributed by atoms with Crippen molar-refractivity contribution >= 4 is 11.6 Å². The summed E-state index contributed by atoms with van der Waals surface area (Å²) in [5.41, 5.74) is 3.50. The minimum Gasteiger partial charge on any atom is -0.330 e. The lowest BCUT2D eigenvalue weighted by Gasteiger charge is -2.18. The van der Waals surface area contributed by atoms with E-state index in [0.717, 1.165) is 30.0 Å². The van der Waals surface area contributed by atoms with Crippen LogP contribution in [0.1, 0.15) is 29.0 Å². The molecule has 24 heavy (non-hydrogen) atoms. The quantitative estimate of drug-likeness (QED) is 0.807. The number of benzene rings is 1. The predicted octanol–water partition coefficient (Wildman–Crippen LogP) is 2.87. The number of anilines is 1. The predicted molar refractivity (Wildman–Crippen MR) is 91.8 cm³/mol. The maximum atomic E-state index is 12.5. The van der Waals surface area contributed by atoms with Gasteiger partial charge in [0.15, 0.2) is 0 Å². The minimum atomic E-state index is -0.173. The van der Waals surface area contributed by atoms with E-state index in [1.54, 1.807) is 24.1 Å². The van der Waals surface area contributed by atoms with Crippen molar-refractivity contribution in [3.63, 3.8) is 0 Å². The van der Waals surface area contributed by atoms with E-state index in [2.05, 4.69) is 19.9 Å². The third-order valence-corrected chi connectivity index (χ3v) is 4.47. The highest BCUT2D eigenvalue weighted by Gasteiger charge is 2.19. The number of carbonyl (C=O) groups excluding carboxylic acids is 1. The number of hydrogen-bond acceptors (Lipinski definition) is 3. The number of imidazole rings is 2. The molecule has 0 saturated heterocycles. The fourth-order valence-electron chi connectivity index (χ4n) is 3.20. The van der Waals surface area contributed by atoms with E-state index < -0.39 is 0 Å². The first kappa shape index (κ1) is 14.7. The van der Waals surface area contributed by atoms with Crippen LogP contribution in [-0.2, 0) is 20.0 Å². The first-order valence-corrected chi connectivity index (χ1v) is 8.15. The third-order valence-electron chi connectivity index (χ3n) is 4.47. The summed E-state index contributed by atoms with van der Waals surface area (Å²) in [6, 6.07) is 7.80. The molecule has 1 aromatic carbocycles. The minimum absolute atomic E-state index is 0.173. The van der Waals surface area contributed by atoms with Crippen LogP contribution in [0, 0.1) is 0 Å². The molecule has 1 amide bonds. The van der Waals surface area contributed by atoms with Crippen molar-refractivity contribution in [3.8, 4) is 11.4 Å². The second kappa shape index (κ2) is 5.96. The first-order valence-electron chi connectivity index (χ1n) is 8.15. The summed E-state index contributed by atoms with van der Waals surface area (Å²) in [5, 5.41) is 3.00. The topological polar surface area (TPSA) is 64.7 Å². The lowest BCUT2D eigenvalue weighted by atomic mass is 10.1. The van der Waals surface area contributed by atoms with Crippen molar-refractivity contribution in [2.24, 2.45) is 7.05 Å². The zero-order valence-corrected chi connectivity index (χ0v) is 13.6. The van der Waals surface area contributed by atoms with Crippen LogP contribution in [-0.4, -0.2) is 25.0 Å². The van der Waals surface area contributed by atoms with E-state index in [1.807, 2.05) is 30.5 Å². The van der Waals surface area contributed by atoms with Crippen LogP contribution in [0.2, 0.25) is 0 Å². The number of aryl methyl sites for hydroxylation is 2. The maximum Gasteiger partial charge on any atom is 0.273 e. The fraction of sp³-hybridized carbons (Fsp3) is 0.278. The van der Waals surface area contributed by atoms with Crippen molar-refractivity contribution in [2.45, 2.75) is 25.8 Å². The molecule has 0 fully saturated rings. The highest BCUT2D eigenvalue weighted by Crippen LogP contribution is 2.30. The van der Waals surface area contributed by atoms with Crippen molar-refractivity contribution in [2.75, 3.05) is 5.32 Å². The van der Waals surface area contributed by atoms with Gasteiger partial charge in [-0.25, -0.2) is 9.97 Å². The van der Waals surface area contributed by atoms with Gasteiger partial charge in [-0.1, -0.05) is 12.1 Å². The average molecular weight is 321 g/mol. The van der Waals surface area contributed by atoms with Gasteiger partial charge >= 0.3 is 0 Å². The van der Waals surface area contributed by atoms with E-state index in [0.29, 0.717) is 5.69 Å². The van der Waals surface area contributed by atoms with E-state index >= 15 is 0 Å². The van der Waals surface area contributed by atoms with Crippen LogP contribution >= 0.6 is 0 Å². The zero-order chi connectivity index (χ0) is 16.5. The van der Waals surface area contributed by atoms with Crippen LogP contribution in [0.4, 0.5) is 5.69 Å². The Labute approximate surface area is 140 Å². The Balaban J connectivity index is 1.70. The normalized spacial score (nSPS) is 13.5. The first-order chi connectivity index (χ1) is 11.7. The molecule has 0 aliphatic carbocycles. The monoisotopic (exact) mass is 321 g/mol. The van der Waals surface area contributed by atoms with Gasteiger partial charge in [0.05, 0.1) is 18.2 Å². The Kier molecular flexibility index (Phi) is 3.65. The summed E-state index contributed by atoms with van der Waals surface area (Å²) in [5.74, 6) is 0.749. The van der Waals surface area contributed by atoms with Gasteiger partial charge in [0.25, 0.3) is 5.91 Å². The highest BCUT2D eigenvalue weighted by molar-refractivity contribution is 6.04. The molecule has 2 aromatic heterocycles. The molecule has 1 aliphatic heterocycles. The van der Waals surface area contributed by atoms with E-state index in [1.165, 1.54) is 18.5 Å². The molecule has 0 unspecified atom stereocenters. The van der Waals surface area contributed by atoms with Gasteiger partial charge in [0.1, 0.15) is 11.5 Å². The molecule has 1 N–H and O–H groups in total. The number of aromatic nitrogens is 4. The van der Waals surface area contributed by atoms with Crippen molar-refractivity contribution in [3.05, 3.63) is 54.4 Å². The molecular formula is C18H19N5O. The van der Waals surface area contributed by atoms with E-state index in [4.69, 9.17) is 0 Å². The standard InChI is InChI=1S/C18H19N5O/c1-22-12-19-11-16(22)18(24)21-15-8-3-2-7-14(15)17-20-10-13-6-4-5-9-23(13)17/h2-3,7-8,10-12H,4-6,9H2,1H3,(H,21,24). The number of rotatable bonds is 3. The van der Waals surface area contributed by atoms with Gasteiger partial charge in [-0.15, -0.1) is 0 Å². The Morgan fingerprint density at radius 3 is 2.92 bits per heavy atom.